The van der Waals surface area contributed by atoms with Gasteiger partial charge in [0.15, 0.2) is 0 Å². The van der Waals surface area contributed by atoms with Gasteiger partial charge in [0.2, 0.25) is 0 Å². The zero-order chi connectivity index (χ0) is 17.5. The molecule has 132 valence electrons. The van der Waals surface area contributed by atoms with Crippen molar-refractivity contribution < 1.29 is 19.4 Å². The predicted octanol–water partition coefficient (Wildman–Crippen LogP) is 3.36. The molecule has 1 atom stereocenters. The first-order valence-corrected chi connectivity index (χ1v) is 8.57. The van der Waals surface area contributed by atoms with E-state index in [1.807, 2.05) is 54.6 Å². The number of ether oxygens (including phenoxy) is 2. The monoisotopic (exact) mass is 341 g/mol. The van der Waals surface area contributed by atoms with Crippen LogP contribution in [0.4, 0.5) is 4.79 Å². The van der Waals surface area contributed by atoms with Crippen LogP contribution in [0.3, 0.4) is 0 Å². The van der Waals surface area contributed by atoms with E-state index in [9.17, 15) is 9.90 Å². The van der Waals surface area contributed by atoms with Crippen molar-refractivity contribution in [1.29, 1.82) is 0 Å². The lowest BCUT2D eigenvalue weighted by Gasteiger charge is -2.24. The Bertz CT molecular complexity index is 689. The van der Waals surface area contributed by atoms with Crippen molar-refractivity contribution >= 4 is 6.09 Å². The SMILES string of the molecule is O=C(OCc1ccccc1)N1CCC[C@@H]1COc1ccccc1CO. The normalized spacial score (nSPS) is 16.7. The lowest BCUT2D eigenvalue weighted by molar-refractivity contribution is 0.0821. The van der Waals surface area contributed by atoms with Crippen molar-refractivity contribution in [1.82, 2.24) is 4.90 Å². The summed E-state index contributed by atoms with van der Waals surface area (Å²) in [5, 5.41) is 9.36. The highest BCUT2D eigenvalue weighted by Gasteiger charge is 2.30. The smallest absolute Gasteiger partial charge is 0.410 e. The molecule has 5 nitrogen and oxygen atoms in total. The number of para-hydroxylation sites is 1. The van der Waals surface area contributed by atoms with Crippen LogP contribution >= 0.6 is 0 Å². The van der Waals surface area contributed by atoms with Gasteiger partial charge in [-0.25, -0.2) is 4.79 Å². The Balaban J connectivity index is 1.54. The van der Waals surface area contributed by atoms with Crippen molar-refractivity contribution in [2.45, 2.75) is 32.1 Å². The second-order valence-corrected chi connectivity index (χ2v) is 6.11. The second kappa shape index (κ2) is 8.53. The maximum absolute atomic E-state index is 12.4. The molecule has 0 radical (unpaired) electrons. The third-order valence-corrected chi connectivity index (χ3v) is 4.39. The molecular weight excluding hydrogens is 318 g/mol. The molecule has 0 spiro atoms. The van der Waals surface area contributed by atoms with Gasteiger partial charge in [-0.15, -0.1) is 0 Å². The summed E-state index contributed by atoms with van der Waals surface area (Å²) in [4.78, 5) is 14.1. The van der Waals surface area contributed by atoms with Crippen LogP contribution in [0, 0.1) is 0 Å². The maximum atomic E-state index is 12.4. The van der Waals surface area contributed by atoms with E-state index in [4.69, 9.17) is 9.47 Å². The first-order valence-electron chi connectivity index (χ1n) is 8.57. The van der Waals surface area contributed by atoms with Crippen LogP contribution in [0.15, 0.2) is 54.6 Å². The fourth-order valence-electron chi connectivity index (χ4n) is 3.01. The number of nitrogens with zero attached hydrogens (tertiary/aromatic N) is 1. The molecule has 1 aliphatic rings. The largest absolute Gasteiger partial charge is 0.491 e. The highest BCUT2D eigenvalue weighted by molar-refractivity contribution is 5.68. The summed E-state index contributed by atoms with van der Waals surface area (Å²) in [6.45, 7) is 1.29. The molecule has 1 amide bonds. The van der Waals surface area contributed by atoms with Gasteiger partial charge >= 0.3 is 6.09 Å². The van der Waals surface area contributed by atoms with Crippen molar-refractivity contribution in [3.05, 3.63) is 65.7 Å². The lowest BCUT2D eigenvalue weighted by Crippen LogP contribution is -2.39. The van der Waals surface area contributed by atoms with E-state index in [2.05, 4.69) is 0 Å². The average Bonchev–Trinajstić information content (AvgIpc) is 3.14. The van der Waals surface area contributed by atoms with Crippen LogP contribution in [0.5, 0.6) is 5.75 Å². The Morgan fingerprint density at radius 3 is 2.68 bits per heavy atom. The number of hydrogen-bond donors (Lipinski definition) is 1. The van der Waals surface area contributed by atoms with E-state index in [-0.39, 0.29) is 25.3 Å². The summed E-state index contributed by atoms with van der Waals surface area (Å²) >= 11 is 0. The minimum absolute atomic E-state index is 0.00461. The van der Waals surface area contributed by atoms with Gasteiger partial charge in [-0.2, -0.15) is 0 Å². The third-order valence-electron chi connectivity index (χ3n) is 4.39. The summed E-state index contributed by atoms with van der Waals surface area (Å²) in [7, 11) is 0. The number of likely N-dealkylation sites (tertiary alicyclic amines) is 1. The molecule has 1 fully saturated rings. The van der Waals surface area contributed by atoms with Crippen LogP contribution in [-0.4, -0.2) is 35.3 Å². The Morgan fingerprint density at radius 1 is 1.12 bits per heavy atom. The van der Waals surface area contributed by atoms with Crippen molar-refractivity contribution in [2.24, 2.45) is 0 Å². The summed E-state index contributed by atoms with van der Waals surface area (Å²) in [6.07, 6.45) is 1.53. The third kappa shape index (κ3) is 4.51. The van der Waals surface area contributed by atoms with Gasteiger partial charge in [0.1, 0.15) is 19.0 Å². The molecule has 3 rings (SSSR count). The van der Waals surface area contributed by atoms with Crippen molar-refractivity contribution in [3.8, 4) is 5.75 Å². The molecule has 25 heavy (non-hydrogen) atoms. The van der Waals surface area contributed by atoms with E-state index in [0.717, 1.165) is 24.0 Å². The fraction of sp³-hybridized carbons (Fsp3) is 0.350. The molecule has 1 heterocycles. The van der Waals surface area contributed by atoms with Gasteiger partial charge in [0.25, 0.3) is 0 Å². The molecule has 5 heteroatoms. The first kappa shape index (κ1) is 17.3. The number of benzene rings is 2. The van der Waals surface area contributed by atoms with E-state index >= 15 is 0 Å². The fourth-order valence-corrected chi connectivity index (χ4v) is 3.01. The average molecular weight is 341 g/mol. The molecule has 0 unspecified atom stereocenters. The zero-order valence-electron chi connectivity index (χ0n) is 14.1. The molecule has 1 aliphatic heterocycles. The Morgan fingerprint density at radius 2 is 1.88 bits per heavy atom. The zero-order valence-corrected chi connectivity index (χ0v) is 14.1. The number of rotatable bonds is 6. The van der Waals surface area contributed by atoms with Gasteiger partial charge < -0.3 is 19.5 Å². The van der Waals surface area contributed by atoms with Crippen LogP contribution in [-0.2, 0) is 18.0 Å². The lowest BCUT2D eigenvalue weighted by atomic mass is 10.2. The van der Waals surface area contributed by atoms with Crippen LogP contribution in [0.1, 0.15) is 24.0 Å². The second-order valence-electron chi connectivity index (χ2n) is 6.11. The summed E-state index contributed by atoms with van der Waals surface area (Å²) < 4.78 is 11.3. The minimum atomic E-state index is -0.301. The maximum Gasteiger partial charge on any atom is 0.410 e. The molecule has 0 bridgehead atoms. The standard InChI is InChI=1S/C20H23NO4/c22-13-17-9-4-5-11-19(17)24-15-18-10-6-12-21(18)20(23)25-14-16-7-2-1-3-8-16/h1-5,7-9,11,18,22H,6,10,12-15H2/t18-/m1/s1. The first-order chi connectivity index (χ1) is 12.3. The molecule has 0 aliphatic carbocycles. The molecule has 1 N–H and O–H groups in total. The van der Waals surface area contributed by atoms with Crippen molar-refractivity contribution in [2.75, 3.05) is 13.2 Å². The van der Waals surface area contributed by atoms with Crippen LogP contribution < -0.4 is 4.74 Å². The molecule has 0 saturated carbocycles. The molecule has 1 saturated heterocycles. The minimum Gasteiger partial charge on any atom is -0.491 e. The van der Waals surface area contributed by atoms with Gasteiger partial charge in [-0.3, -0.25) is 0 Å². The summed E-state index contributed by atoms with van der Waals surface area (Å²) in [5.74, 6) is 0.662. The van der Waals surface area contributed by atoms with E-state index in [1.165, 1.54) is 0 Å². The molecular formula is C20H23NO4. The number of aliphatic hydroxyl groups excluding tert-OH is 1. The topological polar surface area (TPSA) is 59.0 Å². The molecule has 0 aromatic heterocycles. The predicted molar refractivity (Wildman–Crippen MR) is 94.2 cm³/mol. The van der Waals surface area contributed by atoms with Gasteiger partial charge in [0.05, 0.1) is 12.6 Å². The van der Waals surface area contributed by atoms with Gasteiger partial charge in [-0.05, 0) is 24.5 Å². The molecule has 2 aromatic rings. The molecule has 2 aromatic carbocycles. The number of hydrogen-bond acceptors (Lipinski definition) is 4. The van der Waals surface area contributed by atoms with E-state index in [1.54, 1.807) is 4.90 Å². The van der Waals surface area contributed by atoms with E-state index in [0.29, 0.717) is 18.9 Å². The summed E-state index contributed by atoms with van der Waals surface area (Å²) in [6, 6.07) is 17.0. The Hall–Kier alpha value is -2.53. The number of carbonyl (C=O) groups excluding carboxylic acids is 1. The Labute approximate surface area is 147 Å². The van der Waals surface area contributed by atoms with Gasteiger partial charge in [-0.1, -0.05) is 48.5 Å². The summed E-state index contributed by atoms with van der Waals surface area (Å²) in [5.41, 5.74) is 1.72. The highest BCUT2D eigenvalue weighted by Crippen LogP contribution is 2.22. The highest BCUT2D eigenvalue weighted by atomic mass is 16.6. The van der Waals surface area contributed by atoms with Gasteiger partial charge in [0, 0.05) is 12.1 Å². The number of carbonyl (C=O) groups is 1. The van der Waals surface area contributed by atoms with E-state index < -0.39 is 0 Å². The quantitative estimate of drug-likeness (QED) is 0.875. The Kier molecular flexibility index (Phi) is 5.90. The van der Waals surface area contributed by atoms with Crippen molar-refractivity contribution in [3.63, 3.8) is 0 Å². The number of amides is 1. The van der Waals surface area contributed by atoms with Crippen LogP contribution in [0.25, 0.3) is 0 Å². The number of aliphatic hydroxyl groups is 1. The van der Waals surface area contributed by atoms with Crippen LogP contribution in [0.2, 0.25) is 0 Å².